The van der Waals surface area contributed by atoms with Crippen molar-refractivity contribution >= 4 is 6.08 Å². The first-order valence-electron chi connectivity index (χ1n) is 6.49. The molecule has 2 unspecified atom stereocenters. The molecule has 1 aromatic carbocycles. The summed E-state index contributed by atoms with van der Waals surface area (Å²) in [4.78, 5) is 0. The van der Waals surface area contributed by atoms with Crippen LogP contribution in [-0.2, 0) is 0 Å². The van der Waals surface area contributed by atoms with Gasteiger partial charge in [-0.2, -0.15) is 0 Å². The first kappa shape index (κ1) is 12.3. The van der Waals surface area contributed by atoms with Crippen molar-refractivity contribution in [1.82, 2.24) is 5.32 Å². The Morgan fingerprint density at radius 2 is 1.94 bits per heavy atom. The van der Waals surface area contributed by atoms with Gasteiger partial charge in [-0.3, -0.25) is 0 Å². The molecule has 2 rings (SSSR count). The first-order chi connectivity index (χ1) is 8.36. The van der Waals surface area contributed by atoms with Gasteiger partial charge in [-0.1, -0.05) is 55.3 Å². The highest BCUT2D eigenvalue weighted by molar-refractivity contribution is 5.48. The molecular formula is C15H21NO. The van der Waals surface area contributed by atoms with Gasteiger partial charge in [-0.05, 0) is 18.4 Å². The van der Waals surface area contributed by atoms with Gasteiger partial charge in [0.25, 0.3) is 0 Å². The summed E-state index contributed by atoms with van der Waals surface area (Å²) in [5.74, 6) is 0. The third-order valence-electron chi connectivity index (χ3n) is 3.34. The second-order valence-electron chi connectivity index (χ2n) is 4.68. The van der Waals surface area contributed by atoms with E-state index in [0.717, 1.165) is 19.4 Å². The Labute approximate surface area is 103 Å². The minimum atomic E-state index is -0.158. The second kappa shape index (κ2) is 6.58. The Morgan fingerprint density at radius 1 is 1.18 bits per heavy atom. The Morgan fingerprint density at radius 3 is 2.71 bits per heavy atom. The fourth-order valence-electron chi connectivity index (χ4n) is 2.33. The molecule has 17 heavy (non-hydrogen) atoms. The van der Waals surface area contributed by atoms with Crippen LogP contribution in [0.1, 0.15) is 31.2 Å². The highest BCUT2D eigenvalue weighted by Crippen LogP contribution is 2.18. The van der Waals surface area contributed by atoms with Crippen LogP contribution in [0.3, 0.4) is 0 Å². The Balaban J connectivity index is 1.73. The number of benzene rings is 1. The van der Waals surface area contributed by atoms with Gasteiger partial charge in [-0.25, -0.2) is 0 Å². The molecule has 0 heterocycles. The average Bonchev–Trinajstić information content (AvgIpc) is 2.38. The zero-order valence-corrected chi connectivity index (χ0v) is 10.2. The quantitative estimate of drug-likeness (QED) is 0.835. The molecule has 2 heteroatoms. The number of nitrogens with one attached hydrogen (secondary N) is 1. The van der Waals surface area contributed by atoms with E-state index in [-0.39, 0.29) is 12.1 Å². The lowest BCUT2D eigenvalue weighted by Gasteiger charge is -2.28. The van der Waals surface area contributed by atoms with Gasteiger partial charge in [0.2, 0.25) is 0 Å². The molecule has 0 spiro atoms. The third kappa shape index (κ3) is 3.99. The normalized spacial score (nSPS) is 25.2. The average molecular weight is 231 g/mol. The van der Waals surface area contributed by atoms with E-state index >= 15 is 0 Å². The van der Waals surface area contributed by atoms with Crippen LogP contribution in [-0.4, -0.2) is 23.8 Å². The molecule has 0 aliphatic heterocycles. The van der Waals surface area contributed by atoms with Crippen LogP contribution in [0.2, 0.25) is 0 Å². The molecule has 0 aromatic heterocycles. The fourth-order valence-corrected chi connectivity index (χ4v) is 2.33. The maximum Gasteiger partial charge on any atom is 0.0693 e. The van der Waals surface area contributed by atoms with Crippen molar-refractivity contribution in [1.29, 1.82) is 0 Å². The van der Waals surface area contributed by atoms with E-state index < -0.39 is 0 Å². The maximum absolute atomic E-state index is 9.80. The van der Waals surface area contributed by atoms with Crippen LogP contribution in [0, 0.1) is 0 Å². The molecule has 92 valence electrons. The summed E-state index contributed by atoms with van der Waals surface area (Å²) in [5.41, 5.74) is 1.22. The SMILES string of the molecule is OC1CCCCC1NC/C=C/c1ccccc1. The summed E-state index contributed by atoms with van der Waals surface area (Å²) in [7, 11) is 0. The predicted octanol–water partition coefficient (Wildman–Crippen LogP) is 2.59. The molecule has 2 nitrogen and oxygen atoms in total. The molecule has 0 radical (unpaired) electrons. The molecule has 1 saturated carbocycles. The van der Waals surface area contributed by atoms with Crippen LogP contribution >= 0.6 is 0 Å². The minimum Gasteiger partial charge on any atom is -0.392 e. The van der Waals surface area contributed by atoms with Gasteiger partial charge in [-0.15, -0.1) is 0 Å². The molecular weight excluding hydrogens is 210 g/mol. The second-order valence-corrected chi connectivity index (χ2v) is 4.68. The van der Waals surface area contributed by atoms with Crippen molar-refractivity contribution in [3.8, 4) is 0 Å². The van der Waals surface area contributed by atoms with Crippen LogP contribution in [0.15, 0.2) is 36.4 Å². The maximum atomic E-state index is 9.80. The van der Waals surface area contributed by atoms with Gasteiger partial charge in [0, 0.05) is 12.6 Å². The van der Waals surface area contributed by atoms with Crippen molar-refractivity contribution in [3.05, 3.63) is 42.0 Å². The van der Waals surface area contributed by atoms with E-state index in [2.05, 4.69) is 29.6 Å². The largest absolute Gasteiger partial charge is 0.392 e. The van der Waals surface area contributed by atoms with Crippen molar-refractivity contribution in [2.45, 2.75) is 37.8 Å². The molecule has 2 atom stereocenters. The number of rotatable bonds is 4. The lowest BCUT2D eigenvalue weighted by molar-refractivity contribution is 0.0929. The van der Waals surface area contributed by atoms with Gasteiger partial charge < -0.3 is 10.4 Å². The molecule has 0 saturated heterocycles. The number of aliphatic hydroxyl groups excluding tert-OH is 1. The van der Waals surface area contributed by atoms with Crippen molar-refractivity contribution in [2.75, 3.05) is 6.54 Å². The van der Waals surface area contributed by atoms with Crippen LogP contribution < -0.4 is 5.32 Å². The number of hydrogen-bond donors (Lipinski definition) is 2. The van der Waals surface area contributed by atoms with Gasteiger partial charge in [0.15, 0.2) is 0 Å². The fraction of sp³-hybridized carbons (Fsp3) is 0.467. The van der Waals surface area contributed by atoms with Crippen LogP contribution in [0.4, 0.5) is 0 Å². The Hall–Kier alpha value is -1.12. The van der Waals surface area contributed by atoms with Crippen LogP contribution in [0.25, 0.3) is 6.08 Å². The summed E-state index contributed by atoms with van der Waals surface area (Å²) in [6, 6.07) is 10.6. The molecule has 1 aromatic rings. The van der Waals surface area contributed by atoms with E-state index in [1.165, 1.54) is 18.4 Å². The molecule has 0 bridgehead atoms. The summed E-state index contributed by atoms with van der Waals surface area (Å²) in [5, 5.41) is 13.2. The highest BCUT2D eigenvalue weighted by atomic mass is 16.3. The smallest absolute Gasteiger partial charge is 0.0693 e. The summed E-state index contributed by atoms with van der Waals surface area (Å²) >= 11 is 0. The van der Waals surface area contributed by atoms with E-state index in [4.69, 9.17) is 0 Å². The summed E-state index contributed by atoms with van der Waals surface area (Å²) in [6.45, 7) is 0.830. The number of aliphatic hydroxyl groups is 1. The minimum absolute atomic E-state index is 0.158. The standard InChI is InChI=1S/C15H21NO/c17-15-11-5-4-10-14(15)16-12-6-9-13-7-2-1-3-8-13/h1-3,6-9,14-17H,4-5,10-12H2/b9-6+. The van der Waals surface area contributed by atoms with Crippen molar-refractivity contribution < 1.29 is 5.11 Å². The molecule has 1 aliphatic rings. The van der Waals surface area contributed by atoms with Crippen molar-refractivity contribution in [3.63, 3.8) is 0 Å². The molecule has 1 fully saturated rings. The zero-order valence-electron chi connectivity index (χ0n) is 10.2. The Bertz CT molecular complexity index is 347. The third-order valence-corrected chi connectivity index (χ3v) is 3.34. The molecule has 2 N–H and O–H groups in total. The van der Waals surface area contributed by atoms with E-state index in [1.807, 2.05) is 18.2 Å². The lowest BCUT2D eigenvalue weighted by atomic mass is 9.93. The van der Waals surface area contributed by atoms with E-state index in [9.17, 15) is 5.11 Å². The van der Waals surface area contributed by atoms with E-state index in [1.54, 1.807) is 0 Å². The van der Waals surface area contributed by atoms with E-state index in [0.29, 0.717) is 0 Å². The monoisotopic (exact) mass is 231 g/mol. The van der Waals surface area contributed by atoms with Crippen LogP contribution in [0.5, 0.6) is 0 Å². The van der Waals surface area contributed by atoms with Gasteiger partial charge in [0.1, 0.15) is 0 Å². The first-order valence-corrected chi connectivity index (χ1v) is 6.49. The van der Waals surface area contributed by atoms with Gasteiger partial charge in [0.05, 0.1) is 6.10 Å². The highest BCUT2D eigenvalue weighted by Gasteiger charge is 2.21. The summed E-state index contributed by atoms with van der Waals surface area (Å²) in [6.07, 6.45) is 8.52. The molecule has 0 amide bonds. The Kier molecular flexibility index (Phi) is 4.77. The zero-order chi connectivity index (χ0) is 11.9. The lowest BCUT2D eigenvalue weighted by Crippen LogP contribution is -2.42. The van der Waals surface area contributed by atoms with Crippen molar-refractivity contribution in [2.24, 2.45) is 0 Å². The topological polar surface area (TPSA) is 32.3 Å². The molecule has 1 aliphatic carbocycles. The predicted molar refractivity (Wildman–Crippen MR) is 71.7 cm³/mol. The number of hydrogen-bond acceptors (Lipinski definition) is 2. The summed E-state index contributed by atoms with van der Waals surface area (Å²) < 4.78 is 0. The van der Waals surface area contributed by atoms with Gasteiger partial charge >= 0.3 is 0 Å².